The second-order valence-corrected chi connectivity index (χ2v) is 11.0. The lowest BCUT2D eigenvalue weighted by Gasteiger charge is -2.35. The highest BCUT2D eigenvalue weighted by Crippen LogP contribution is 2.39. The molecule has 1 fully saturated rings. The van der Waals surface area contributed by atoms with E-state index in [0.29, 0.717) is 36.3 Å². The third-order valence-electron chi connectivity index (χ3n) is 6.40. The van der Waals surface area contributed by atoms with Crippen molar-refractivity contribution in [2.24, 2.45) is 0 Å². The predicted molar refractivity (Wildman–Crippen MR) is 139 cm³/mol. The maximum Gasteiger partial charge on any atom is 0.446 e. The minimum atomic E-state index is -4.64. The summed E-state index contributed by atoms with van der Waals surface area (Å²) < 4.78 is 51.4. The number of pyridine rings is 1. The first-order chi connectivity index (χ1) is 17.9. The number of aromatic nitrogens is 1. The van der Waals surface area contributed by atoms with Crippen LogP contribution in [0.5, 0.6) is 0 Å². The number of rotatable bonds is 5. The van der Waals surface area contributed by atoms with Crippen molar-refractivity contribution in [1.82, 2.24) is 9.88 Å². The van der Waals surface area contributed by atoms with E-state index in [2.05, 4.69) is 36.8 Å². The van der Waals surface area contributed by atoms with E-state index < -0.39 is 12.5 Å². The molecule has 0 unspecified atom stereocenters. The van der Waals surface area contributed by atoms with Crippen LogP contribution < -0.4 is 4.90 Å². The second kappa shape index (κ2) is 12.9. The summed E-state index contributed by atoms with van der Waals surface area (Å²) in [7, 11) is 2.15. The molecule has 3 heterocycles. The summed E-state index contributed by atoms with van der Waals surface area (Å²) in [6.45, 7) is 8.53. The Balaban J connectivity index is 0.000000599. The third kappa shape index (κ3) is 8.16. The molecule has 0 saturated carbocycles. The van der Waals surface area contributed by atoms with Gasteiger partial charge in [0, 0.05) is 37.4 Å². The number of carbonyl (C=O) groups is 1. The van der Waals surface area contributed by atoms with Crippen molar-refractivity contribution in [3.63, 3.8) is 0 Å². The number of likely N-dealkylation sites (N-methyl/N-ethyl adjacent to an activating group) is 1. The maximum absolute atomic E-state index is 14.0. The number of aryl methyl sites for hydroxylation is 1. The smallest absolute Gasteiger partial charge is 0.370 e. The number of nitriles is 1. The Bertz CT molecular complexity index is 1170. The molecule has 1 saturated heterocycles. The van der Waals surface area contributed by atoms with Gasteiger partial charge in [-0.3, -0.25) is 4.79 Å². The van der Waals surface area contributed by atoms with Crippen molar-refractivity contribution < 1.29 is 27.1 Å². The fraction of sp³-hybridized carbons (Fsp3) is 0.519. The average molecular weight is 553 g/mol. The van der Waals surface area contributed by atoms with Gasteiger partial charge in [0.2, 0.25) is 6.29 Å². The molecule has 0 N–H and O–H groups in total. The van der Waals surface area contributed by atoms with Crippen LogP contribution >= 0.6 is 11.8 Å². The van der Waals surface area contributed by atoms with Crippen LogP contribution in [0.1, 0.15) is 42.5 Å². The van der Waals surface area contributed by atoms with Crippen molar-refractivity contribution in [1.29, 1.82) is 5.26 Å². The number of halogens is 4. The van der Waals surface area contributed by atoms with Crippen molar-refractivity contribution in [2.75, 3.05) is 43.9 Å². The normalized spacial score (nSPS) is 17.5. The van der Waals surface area contributed by atoms with Gasteiger partial charge >= 0.3 is 6.18 Å². The van der Waals surface area contributed by atoms with Gasteiger partial charge in [0.25, 0.3) is 0 Å². The van der Waals surface area contributed by atoms with Crippen LogP contribution in [0.3, 0.4) is 0 Å². The second-order valence-electron chi connectivity index (χ2n) is 9.90. The number of hydrogen-bond acceptors (Lipinski definition) is 7. The molecule has 1 aromatic heterocycles. The molecule has 11 heteroatoms. The van der Waals surface area contributed by atoms with Crippen LogP contribution in [0.4, 0.5) is 23.4 Å². The Morgan fingerprint density at radius 3 is 2.55 bits per heavy atom. The molecule has 2 aliphatic rings. The molecular formula is C27H32F4N4O2S. The van der Waals surface area contributed by atoms with E-state index in [-0.39, 0.29) is 11.4 Å². The zero-order valence-corrected chi connectivity index (χ0v) is 22.6. The maximum atomic E-state index is 14.0. The molecule has 1 aromatic carbocycles. The van der Waals surface area contributed by atoms with Gasteiger partial charge in [-0.25, -0.2) is 9.37 Å². The monoisotopic (exact) mass is 552 g/mol. The molecule has 0 radical (unpaired) electrons. The standard InChI is InChI=1S/C25H31FN4OS.C2HF3O/c1-25(2)15-19-20(16-27)24(32-14-9-18-7-4-5-8-22(18)26)28-23(21(19)17-31-25)30-11-6-10-29(3)12-13-30;3-2(4,5)1-6/h4-5,7-8H,6,9-15,17H2,1-3H3;1H. The Morgan fingerprint density at radius 1 is 1.18 bits per heavy atom. The molecule has 206 valence electrons. The Kier molecular flexibility index (Phi) is 10.2. The molecule has 0 atom stereocenters. The third-order valence-corrected chi connectivity index (χ3v) is 7.38. The molecule has 6 nitrogen and oxygen atoms in total. The minimum absolute atomic E-state index is 0.180. The molecule has 4 rings (SSSR count). The van der Waals surface area contributed by atoms with E-state index >= 15 is 0 Å². The number of thioether (sulfide) groups is 1. The number of aldehydes is 1. The van der Waals surface area contributed by atoms with Crippen LogP contribution in [0.25, 0.3) is 0 Å². The Hall–Kier alpha value is -2.68. The molecule has 0 bridgehead atoms. The van der Waals surface area contributed by atoms with Crippen LogP contribution in [0.15, 0.2) is 29.3 Å². The Morgan fingerprint density at radius 2 is 1.89 bits per heavy atom. The number of anilines is 1. The number of fused-ring (bicyclic) bond motifs is 1. The highest BCUT2D eigenvalue weighted by molar-refractivity contribution is 7.99. The summed E-state index contributed by atoms with van der Waals surface area (Å²) in [5.41, 5.74) is 3.17. The molecular weight excluding hydrogens is 520 g/mol. The van der Waals surface area contributed by atoms with Crippen molar-refractivity contribution in [3.05, 3.63) is 52.3 Å². The van der Waals surface area contributed by atoms with Gasteiger partial charge < -0.3 is 14.5 Å². The van der Waals surface area contributed by atoms with Crippen LogP contribution in [0.2, 0.25) is 0 Å². The van der Waals surface area contributed by atoms with Crippen LogP contribution in [-0.4, -0.2) is 66.9 Å². The number of hydrogen-bond donors (Lipinski definition) is 0. The number of nitrogens with zero attached hydrogens (tertiary/aromatic N) is 4. The van der Waals surface area contributed by atoms with E-state index in [1.54, 1.807) is 17.8 Å². The topological polar surface area (TPSA) is 69.5 Å². The fourth-order valence-corrected chi connectivity index (χ4v) is 5.40. The van der Waals surface area contributed by atoms with E-state index in [1.165, 1.54) is 6.07 Å². The number of benzene rings is 1. The summed E-state index contributed by atoms with van der Waals surface area (Å²) >= 11 is 1.55. The molecule has 0 amide bonds. The molecule has 0 aliphatic carbocycles. The number of ether oxygens (including phenoxy) is 1. The number of carbonyl (C=O) groups excluding carboxylic acids is 1. The largest absolute Gasteiger partial charge is 0.446 e. The molecule has 38 heavy (non-hydrogen) atoms. The van der Waals surface area contributed by atoms with Crippen LogP contribution in [0, 0.1) is 17.1 Å². The number of alkyl halides is 3. The summed E-state index contributed by atoms with van der Waals surface area (Å²) in [5.74, 6) is 1.45. The zero-order valence-electron chi connectivity index (χ0n) is 21.8. The van der Waals surface area contributed by atoms with E-state index in [0.717, 1.165) is 54.6 Å². The summed E-state index contributed by atoms with van der Waals surface area (Å²) in [6, 6.07) is 9.31. The van der Waals surface area contributed by atoms with Crippen molar-refractivity contribution in [2.45, 2.75) is 56.5 Å². The zero-order chi connectivity index (χ0) is 27.9. The highest BCUT2D eigenvalue weighted by Gasteiger charge is 2.33. The quantitative estimate of drug-likeness (QED) is 0.288. The van der Waals surface area contributed by atoms with Crippen LogP contribution in [-0.2, 0) is 29.0 Å². The first-order valence-electron chi connectivity index (χ1n) is 12.4. The average Bonchev–Trinajstić information content (AvgIpc) is 3.08. The van der Waals surface area contributed by atoms with Gasteiger partial charge in [0.1, 0.15) is 22.7 Å². The van der Waals surface area contributed by atoms with Gasteiger partial charge in [-0.1, -0.05) is 18.2 Å². The first kappa shape index (κ1) is 29.9. The van der Waals surface area contributed by atoms with E-state index in [1.807, 2.05) is 12.1 Å². The van der Waals surface area contributed by atoms with Gasteiger partial charge in [0.15, 0.2) is 0 Å². The highest BCUT2D eigenvalue weighted by atomic mass is 32.2. The first-order valence-corrected chi connectivity index (χ1v) is 13.3. The van der Waals surface area contributed by atoms with Crippen molar-refractivity contribution >= 4 is 23.9 Å². The van der Waals surface area contributed by atoms with Gasteiger partial charge in [-0.2, -0.15) is 18.4 Å². The summed E-state index contributed by atoms with van der Waals surface area (Å²) in [4.78, 5) is 18.4. The Labute approximate surface area is 225 Å². The molecule has 2 aromatic rings. The molecule has 2 aliphatic heterocycles. The van der Waals surface area contributed by atoms with Crippen molar-refractivity contribution in [3.8, 4) is 6.07 Å². The lowest BCUT2D eigenvalue weighted by atomic mass is 9.89. The van der Waals surface area contributed by atoms with Gasteiger partial charge in [-0.15, -0.1) is 11.8 Å². The summed E-state index contributed by atoms with van der Waals surface area (Å²) in [5, 5.41) is 10.8. The van der Waals surface area contributed by atoms with Gasteiger partial charge in [-0.05, 0) is 57.5 Å². The minimum Gasteiger partial charge on any atom is -0.370 e. The van der Waals surface area contributed by atoms with Gasteiger partial charge in [0.05, 0.1) is 17.8 Å². The summed E-state index contributed by atoms with van der Waals surface area (Å²) in [6.07, 6.45) is -3.34. The lowest BCUT2D eigenvalue weighted by Crippen LogP contribution is -2.36. The SMILES string of the molecule is CN1CCCN(c2nc(SCCc3ccccc3F)c(C#N)c3c2COC(C)(C)C3)CC1.O=CC(F)(F)F. The lowest BCUT2D eigenvalue weighted by molar-refractivity contribution is -0.156. The van der Waals surface area contributed by atoms with E-state index in [9.17, 15) is 22.8 Å². The predicted octanol–water partition coefficient (Wildman–Crippen LogP) is 5.17. The van der Waals surface area contributed by atoms with E-state index in [4.69, 9.17) is 14.5 Å². The fourth-order valence-electron chi connectivity index (χ4n) is 4.42. The molecule has 0 spiro atoms.